The molecule has 0 aromatic heterocycles. The largest absolute Gasteiger partial charge is 0.522 e. The number of anilines is 1. The molecule has 1 aromatic carbocycles. The minimum Gasteiger partial charge on any atom is -0.485 e. The Morgan fingerprint density at radius 2 is 1.94 bits per heavy atom. The number of piperidine rings is 1. The topological polar surface area (TPSA) is 101 Å². The number of hydrogen-bond donors (Lipinski definition) is 3. The SMILES string of the molecule is O=C(CO[C@H]1C[C@@H](OC(F)(F)F)C1)NN1CCC(C(=O)NCC2CNc3cc(Cl)ccc3O2)CC1. The number of nitrogens with one attached hydrogen (secondary N) is 3. The number of nitrogens with zero attached hydrogens (tertiary/aromatic N) is 1. The van der Waals surface area contributed by atoms with Crippen molar-refractivity contribution in [2.75, 3.05) is 38.1 Å². The van der Waals surface area contributed by atoms with Crippen molar-refractivity contribution in [1.29, 1.82) is 0 Å². The number of rotatable bonds is 8. The van der Waals surface area contributed by atoms with Gasteiger partial charge in [-0.2, -0.15) is 0 Å². The molecule has 2 aliphatic heterocycles. The van der Waals surface area contributed by atoms with Gasteiger partial charge < -0.3 is 20.1 Å². The van der Waals surface area contributed by atoms with E-state index in [-0.39, 0.29) is 43.3 Å². The van der Waals surface area contributed by atoms with Crippen LogP contribution in [0, 0.1) is 5.92 Å². The number of halogens is 4. The van der Waals surface area contributed by atoms with Gasteiger partial charge in [-0.25, -0.2) is 5.01 Å². The lowest BCUT2D eigenvalue weighted by atomic mass is 9.92. The zero-order valence-electron chi connectivity index (χ0n) is 18.9. The summed E-state index contributed by atoms with van der Waals surface area (Å²) in [7, 11) is 0. The number of hydrazine groups is 1. The monoisotopic (exact) mass is 520 g/mol. The molecule has 35 heavy (non-hydrogen) atoms. The van der Waals surface area contributed by atoms with Crippen LogP contribution in [0.25, 0.3) is 0 Å². The lowest BCUT2D eigenvalue weighted by Gasteiger charge is -2.35. The van der Waals surface area contributed by atoms with Crippen molar-refractivity contribution >= 4 is 29.1 Å². The number of ether oxygens (including phenoxy) is 3. The molecule has 1 unspecified atom stereocenters. The molecule has 3 N–H and O–H groups in total. The van der Waals surface area contributed by atoms with Gasteiger partial charge in [0.2, 0.25) is 5.91 Å². The highest BCUT2D eigenvalue weighted by molar-refractivity contribution is 6.30. The second kappa shape index (κ2) is 11.2. The van der Waals surface area contributed by atoms with Crippen LogP contribution in [0.5, 0.6) is 5.75 Å². The van der Waals surface area contributed by atoms with E-state index in [1.54, 1.807) is 23.2 Å². The molecule has 2 heterocycles. The molecule has 2 fully saturated rings. The van der Waals surface area contributed by atoms with Gasteiger partial charge in [0, 0.05) is 36.9 Å². The van der Waals surface area contributed by atoms with Crippen LogP contribution in [0.1, 0.15) is 25.7 Å². The Morgan fingerprint density at radius 1 is 1.20 bits per heavy atom. The van der Waals surface area contributed by atoms with Crippen LogP contribution in [-0.2, 0) is 19.1 Å². The Bertz CT molecular complexity index is 908. The fraction of sp³-hybridized carbons (Fsp3) is 0.636. The molecule has 0 spiro atoms. The minimum absolute atomic E-state index is 0.0505. The summed E-state index contributed by atoms with van der Waals surface area (Å²) in [5, 5.41) is 8.54. The number of carbonyl (C=O) groups is 2. The maximum absolute atomic E-state index is 12.6. The molecule has 9 nitrogen and oxygen atoms in total. The molecule has 1 aromatic rings. The molecule has 3 aliphatic rings. The van der Waals surface area contributed by atoms with Gasteiger partial charge in [-0.3, -0.25) is 19.8 Å². The van der Waals surface area contributed by atoms with E-state index in [4.69, 9.17) is 21.1 Å². The van der Waals surface area contributed by atoms with E-state index in [0.717, 1.165) is 5.69 Å². The van der Waals surface area contributed by atoms with Crippen LogP contribution in [0.4, 0.5) is 18.9 Å². The summed E-state index contributed by atoms with van der Waals surface area (Å²) in [5.41, 5.74) is 3.54. The predicted molar refractivity (Wildman–Crippen MR) is 120 cm³/mol. The first-order valence-electron chi connectivity index (χ1n) is 11.5. The Labute approximate surface area is 205 Å². The zero-order chi connectivity index (χ0) is 25.0. The van der Waals surface area contributed by atoms with Crippen LogP contribution in [0.2, 0.25) is 5.02 Å². The minimum atomic E-state index is -4.65. The molecule has 1 atom stereocenters. The summed E-state index contributed by atoms with van der Waals surface area (Å²) in [6.07, 6.45) is -4.81. The Morgan fingerprint density at radius 3 is 2.66 bits per heavy atom. The summed E-state index contributed by atoms with van der Waals surface area (Å²) < 4.78 is 51.5. The fourth-order valence-corrected chi connectivity index (χ4v) is 4.43. The average molecular weight is 521 g/mol. The van der Waals surface area contributed by atoms with E-state index in [9.17, 15) is 22.8 Å². The lowest BCUT2D eigenvalue weighted by molar-refractivity contribution is -0.357. The van der Waals surface area contributed by atoms with Gasteiger partial charge >= 0.3 is 6.36 Å². The number of amides is 2. The predicted octanol–water partition coefficient (Wildman–Crippen LogP) is 2.46. The van der Waals surface area contributed by atoms with E-state index in [2.05, 4.69) is 20.8 Å². The van der Waals surface area contributed by atoms with E-state index in [1.165, 1.54) is 0 Å². The molecular weight excluding hydrogens is 493 g/mol. The molecule has 1 saturated carbocycles. The molecule has 1 aliphatic carbocycles. The first-order valence-corrected chi connectivity index (χ1v) is 11.9. The van der Waals surface area contributed by atoms with Crippen LogP contribution in [0.15, 0.2) is 18.2 Å². The van der Waals surface area contributed by atoms with Gasteiger partial charge in [0.05, 0.1) is 31.0 Å². The van der Waals surface area contributed by atoms with Gasteiger partial charge in [0.1, 0.15) is 18.5 Å². The molecule has 13 heteroatoms. The van der Waals surface area contributed by atoms with Crippen molar-refractivity contribution in [2.45, 2.75) is 50.4 Å². The van der Waals surface area contributed by atoms with Crippen molar-refractivity contribution in [3.05, 3.63) is 23.2 Å². The van der Waals surface area contributed by atoms with Crippen molar-refractivity contribution < 1.29 is 37.0 Å². The molecule has 1 saturated heterocycles. The van der Waals surface area contributed by atoms with Crippen molar-refractivity contribution in [3.8, 4) is 5.75 Å². The second-order valence-corrected chi connectivity index (χ2v) is 9.33. The summed E-state index contributed by atoms with van der Waals surface area (Å²) in [6.45, 7) is 1.69. The number of alkyl halides is 3. The second-order valence-electron chi connectivity index (χ2n) is 8.89. The zero-order valence-corrected chi connectivity index (χ0v) is 19.7. The van der Waals surface area contributed by atoms with E-state index in [0.29, 0.717) is 49.8 Å². The smallest absolute Gasteiger partial charge is 0.485 e. The Hall–Kier alpha value is -2.28. The summed E-state index contributed by atoms with van der Waals surface area (Å²) in [5.74, 6) is 0.101. The maximum atomic E-state index is 12.6. The maximum Gasteiger partial charge on any atom is 0.522 e. The number of hydrogen-bond acceptors (Lipinski definition) is 7. The highest BCUT2D eigenvalue weighted by atomic mass is 35.5. The van der Waals surface area contributed by atoms with E-state index in [1.807, 2.05) is 0 Å². The average Bonchev–Trinajstić information content (AvgIpc) is 2.78. The molecule has 0 bridgehead atoms. The standard InChI is InChI=1S/C22H28ClF3N4O5/c23-14-1-2-19-18(7-14)27-10-17(34-19)11-28-21(32)13-3-5-30(6-4-13)29-20(31)12-33-15-8-16(9-15)35-22(24,25)26/h1-2,7,13,15-17,27H,3-6,8-12H2,(H,28,32)(H,29,31)/t15-,16+,17?. The van der Waals surface area contributed by atoms with Crippen LogP contribution in [-0.4, -0.2) is 74.3 Å². The quantitative estimate of drug-likeness (QED) is 0.484. The number of carbonyl (C=O) groups excluding carboxylic acids is 2. The van der Waals surface area contributed by atoms with Crippen LogP contribution < -0.4 is 20.8 Å². The van der Waals surface area contributed by atoms with E-state index < -0.39 is 18.6 Å². The van der Waals surface area contributed by atoms with Gasteiger partial charge in [-0.05, 0) is 31.0 Å². The Kier molecular flexibility index (Phi) is 8.25. The Balaban J connectivity index is 1.08. The van der Waals surface area contributed by atoms with Crippen molar-refractivity contribution in [3.63, 3.8) is 0 Å². The normalized spacial score (nSPS) is 25.0. The van der Waals surface area contributed by atoms with E-state index >= 15 is 0 Å². The molecule has 4 rings (SSSR count). The number of fused-ring (bicyclic) bond motifs is 1. The first kappa shape index (κ1) is 25.8. The third kappa shape index (κ3) is 7.60. The summed E-state index contributed by atoms with van der Waals surface area (Å²) in [4.78, 5) is 24.6. The van der Waals surface area contributed by atoms with Gasteiger partial charge in [-0.1, -0.05) is 11.6 Å². The van der Waals surface area contributed by atoms with Crippen LogP contribution in [0.3, 0.4) is 0 Å². The first-order chi connectivity index (χ1) is 16.6. The summed E-state index contributed by atoms with van der Waals surface area (Å²) in [6, 6.07) is 5.33. The number of benzene rings is 1. The third-order valence-corrected chi connectivity index (χ3v) is 6.45. The molecular formula is C22H28ClF3N4O5. The van der Waals surface area contributed by atoms with Crippen molar-refractivity contribution in [1.82, 2.24) is 15.8 Å². The third-order valence-electron chi connectivity index (χ3n) is 6.21. The highest BCUT2D eigenvalue weighted by Gasteiger charge is 2.40. The summed E-state index contributed by atoms with van der Waals surface area (Å²) >= 11 is 5.98. The fourth-order valence-electron chi connectivity index (χ4n) is 4.26. The highest BCUT2D eigenvalue weighted by Crippen LogP contribution is 2.32. The van der Waals surface area contributed by atoms with Gasteiger partial charge in [0.15, 0.2) is 0 Å². The molecule has 194 valence electrons. The van der Waals surface area contributed by atoms with Crippen molar-refractivity contribution in [2.24, 2.45) is 5.92 Å². The van der Waals surface area contributed by atoms with Crippen LogP contribution >= 0.6 is 11.6 Å². The lowest BCUT2D eigenvalue weighted by Crippen LogP contribution is -2.51. The van der Waals surface area contributed by atoms with Gasteiger partial charge in [-0.15, -0.1) is 13.2 Å². The molecule has 2 amide bonds. The molecule has 0 radical (unpaired) electrons. The van der Waals surface area contributed by atoms with Gasteiger partial charge in [0.25, 0.3) is 5.91 Å².